The number of likely N-dealkylation sites (tertiary alicyclic amines) is 1. The van der Waals surface area contributed by atoms with Crippen LogP contribution < -0.4 is 4.74 Å². The molecule has 1 aromatic carbocycles. The smallest absolute Gasteiger partial charge is 0.262 e. The Morgan fingerprint density at radius 2 is 2.03 bits per heavy atom. The van der Waals surface area contributed by atoms with Gasteiger partial charge >= 0.3 is 0 Å². The van der Waals surface area contributed by atoms with Crippen LogP contribution >= 0.6 is 0 Å². The van der Waals surface area contributed by atoms with E-state index < -0.39 is 0 Å². The Balaban J connectivity index is 1.28. The number of para-hydroxylation sites is 1. The zero-order valence-electron chi connectivity index (χ0n) is 17.4. The van der Waals surface area contributed by atoms with E-state index in [1.807, 2.05) is 47.3 Å². The third-order valence-corrected chi connectivity index (χ3v) is 5.42. The van der Waals surface area contributed by atoms with Crippen LogP contribution in [0.2, 0.25) is 0 Å². The molecule has 0 aliphatic carbocycles. The first-order valence-corrected chi connectivity index (χ1v) is 10.5. The summed E-state index contributed by atoms with van der Waals surface area (Å²) in [5, 5.41) is 8.48. The average Bonchev–Trinajstić information content (AvgIpc) is 3.56. The van der Waals surface area contributed by atoms with Crippen molar-refractivity contribution < 1.29 is 9.26 Å². The molecule has 8 nitrogen and oxygen atoms in total. The van der Waals surface area contributed by atoms with E-state index in [0.717, 1.165) is 49.5 Å². The molecular formula is C23H24N6O2. The van der Waals surface area contributed by atoms with Crippen molar-refractivity contribution in [2.24, 2.45) is 0 Å². The van der Waals surface area contributed by atoms with Gasteiger partial charge in [0.2, 0.25) is 5.82 Å². The molecule has 1 aliphatic rings. The van der Waals surface area contributed by atoms with Crippen LogP contribution in [0.4, 0.5) is 0 Å². The molecule has 1 aliphatic heterocycles. The number of hydrogen-bond donors (Lipinski definition) is 0. The lowest BCUT2D eigenvalue weighted by molar-refractivity contribution is 0.198. The van der Waals surface area contributed by atoms with Gasteiger partial charge in [-0.25, -0.2) is 0 Å². The van der Waals surface area contributed by atoms with Crippen molar-refractivity contribution in [1.82, 2.24) is 29.8 Å². The normalized spacial score (nSPS) is 16.6. The van der Waals surface area contributed by atoms with Crippen molar-refractivity contribution in [2.45, 2.75) is 32.5 Å². The Morgan fingerprint density at radius 3 is 2.87 bits per heavy atom. The van der Waals surface area contributed by atoms with Crippen molar-refractivity contribution in [1.29, 1.82) is 0 Å². The molecule has 1 saturated heterocycles. The van der Waals surface area contributed by atoms with Gasteiger partial charge in [0, 0.05) is 55.9 Å². The van der Waals surface area contributed by atoms with Crippen LogP contribution in [0.15, 0.2) is 65.7 Å². The third kappa shape index (κ3) is 4.34. The molecule has 0 spiro atoms. The molecular weight excluding hydrogens is 392 g/mol. The first-order valence-electron chi connectivity index (χ1n) is 10.5. The highest BCUT2D eigenvalue weighted by Crippen LogP contribution is 2.32. The topological polar surface area (TPSA) is 82.1 Å². The molecule has 1 unspecified atom stereocenters. The van der Waals surface area contributed by atoms with Crippen LogP contribution in [0.25, 0.3) is 22.8 Å². The molecule has 8 heteroatoms. The average molecular weight is 416 g/mol. The van der Waals surface area contributed by atoms with Gasteiger partial charge in [-0.2, -0.15) is 10.1 Å². The van der Waals surface area contributed by atoms with Crippen LogP contribution in [-0.2, 0) is 13.1 Å². The van der Waals surface area contributed by atoms with Gasteiger partial charge in [-0.05, 0) is 37.6 Å². The van der Waals surface area contributed by atoms with Crippen molar-refractivity contribution in [3.63, 3.8) is 0 Å². The fourth-order valence-electron chi connectivity index (χ4n) is 3.83. The van der Waals surface area contributed by atoms with E-state index >= 15 is 0 Å². The molecule has 1 atom stereocenters. The number of aryl methyl sites for hydroxylation is 1. The molecule has 4 heterocycles. The molecule has 31 heavy (non-hydrogen) atoms. The molecule has 0 saturated carbocycles. The summed E-state index contributed by atoms with van der Waals surface area (Å²) in [6, 6.07) is 11.5. The number of ether oxygens (including phenoxy) is 1. The van der Waals surface area contributed by atoms with Crippen molar-refractivity contribution in [2.75, 3.05) is 13.1 Å². The highest BCUT2D eigenvalue weighted by Gasteiger charge is 2.26. The van der Waals surface area contributed by atoms with Crippen molar-refractivity contribution in [3.8, 4) is 28.6 Å². The van der Waals surface area contributed by atoms with Crippen LogP contribution in [0.5, 0.6) is 5.75 Å². The standard InChI is InChI=1S/C23H24N6O2/c1-2-29-15-17(13-25-29)14-28-12-9-19(16-28)30-21-6-4-3-5-20(21)23-26-22(27-31-23)18-7-10-24-11-8-18/h3-8,10-11,13,15,19H,2,9,12,14,16H2,1H3. The third-order valence-electron chi connectivity index (χ3n) is 5.42. The number of rotatable bonds is 7. The first-order chi connectivity index (χ1) is 15.3. The summed E-state index contributed by atoms with van der Waals surface area (Å²) >= 11 is 0. The maximum absolute atomic E-state index is 6.37. The van der Waals surface area contributed by atoms with Gasteiger partial charge in [-0.3, -0.25) is 14.6 Å². The van der Waals surface area contributed by atoms with Crippen molar-refractivity contribution in [3.05, 3.63) is 66.7 Å². The van der Waals surface area contributed by atoms with E-state index in [2.05, 4.69) is 38.2 Å². The van der Waals surface area contributed by atoms with E-state index in [1.54, 1.807) is 12.4 Å². The maximum atomic E-state index is 6.37. The largest absolute Gasteiger partial charge is 0.488 e. The number of pyridine rings is 1. The number of aromatic nitrogens is 5. The highest BCUT2D eigenvalue weighted by molar-refractivity contribution is 5.65. The van der Waals surface area contributed by atoms with E-state index in [9.17, 15) is 0 Å². The fourth-order valence-corrected chi connectivity index (χ4v) is 3.83. The molecule has 0 bridgehead atoms. The summed E-state index contributed by atoms with van der Waals surface area (Å²) in [6.45, 7) is 5.74. The Kier molecular flexibility index (Phi) is 5.45. The molecule has 5 rings (SSSR count). The Hall–Kier alpha value is -3.52. The van der Waals surface area contributed by atoms with Gasteiger partial charge in [-0.1, -0.05) is 17.3 Å². The molecule has 158 valence electrons. The maximum Gasteiger partial charge on any atom is 0.262 e. The number of nitrogens with zero attached hydrogens (tertiary/aromatic N) is 6. The number of benzene rings is 1. The van der Waals surface area contributed by atoms with Gasteiger partial charge in [0.25, 0.3) is 5.89 Å². The number of hydrogen-bond acceptors (Lipinski definition) is 7. The second kappa shape index (κ2) is 8.69. The second-order valence-corrected chi connectivity index (χ2v) is 7.62. The lowest BCUT2D eigenvalue weighted by atomic mass is 10.2. The molecule has 0 N–H and O–H groups in total. The Morgan fingerprint density at radius 1 is 1.16 bits per heavy atom. The quantitative estimate of drug-likeness (QED) is 0.455. The summed E-state index contributed by atoms with van der Waals surface area (Å²) in [7, 11) is 0. The second-order valence-electron chi connectivity index (χ2n) is 7.62. The minimum Gasteiger partial charge on any atom is -0.488 e. The van der Waals surface area contributed by atoms with Crippen LogP contribution in [0.1, 0.15) is 18.9 Å². The highest BCUT2D eigenvalue weighted by atomic mass is 16.5. The van der Waals surface area contributed by atoms with Crippen molar-refractivity contribution >= 4 is 0 Å². The van der Waals surface area contributed by atoms with Gasteiger partial charge in [0.15, 0.2) is 0 Å². The van der Waals surface area contributed by atoms with Crippen LogP contribution in [0, 0.1) is 0 Å². The lowest BCUT2D eigenvalue weighted by Crippen LogP contribution is -2.24. The predicted molar refractivity (Wildman–Crippen MR) is 115 cm³/mol. The monoisotopic (exact) mass is 416 g/mol. The zero-order valence-corrected chi connectivity index (χ0v) is 17.4. The summed E-state index contributed by atoms with van der Waals surface area (Å²) in [5.74, 6) is 1.74. The SMILES string of the molecule is CCn1cc(CN2CCC(Oc3ccccc3-c3nc(-c4ccncc4)no3)C2)cn1. The van der Waals surface area contributed by atoms with Gasteiger partial charge in [0.1, 0.15) is 11.9 Å². The van der Waals surface area contributed by atoms with Crippen LogP contribution in [-0.4, -0.2) is 49.0 Å². The predicted octanol–water partition coefficient (Wildman–Crippen LogP) is 3.67. The van der Waals surface area contributed by atoms with E-state index in [-0.39, 0.29) is 6.10 Å². The van der Waals surface area contributed by atoms with Gasteiger partial charge < -0.3 is 9.26 Å². The fraction of sp³-hybridized carbons (Fsp3) is 0.304. The zero-order chi connectivity index (χ0) is 21.0. The summed E-state index contributed by atoms with van der Waals surface area (Å²) in [4.78, 5) is 11.0. The molecule has 0 radical (unpaired) electrons. The molecule has 4 aromatic rings. The van der Waals surface area contributed by atoms with Gasteiger partial charge in [-0.15, -0.1) is 0 Å². The van der Waals surface area contributed by atoms with E-state index in [1.165, 1.54) is 5.56 Å². The van der Waals surface area contributed by atoms with Crippen LogP contribution in [0.3, 0.4) is 0 Å². The molecule has 3 aromatic heterocycles. The summed E-state index contributed by atoms with van der Waals surface area (Å²) < 4.78 is 13.9. The molecule has 0 amide bonds. The van der Waals surface area contributed by atoms with Gasteiger partial charge in [0.05, 0.1) is 11.8 Å². The summed E-state index contributed by atoms with van der Waals surface area (Å²) in [5.41, 5.74) is 2.90. The Bertz CT molecular complexity index is 1140. The van der Waals surface area contributed by atoms with E-state index in [4.69, 9.17) is 9.26 Å². The summed E-state index contributed by atoms with van der Waals surface area (Å²) in [6.07, 6.45) is 8.57. The minimum atomic E-state index is 0.116. The molecule has 1 fully saturated rings. The first kappa shape index (κ1) is 19.4. The van der Waals surface area contributed by atoms with E-state index in [0.29, 0.717) is 11.7 Å². The minimum absolute atomic E-state index is 0.116. The Labute approximate surface area is 180 Å². The lowest BCUT2D eigenvalue weighted by Gasteiger charge is -2.17.